The number of para-hydroxylation sites is 2. The Balaban J connectivity index is 2.14. The first kappa shape index (κ1) is 12.9. The third-order valence-corrected chi connectivity index (χ3v) is 2.44. The van der Waals surface area contributed by atoms with Crippen molar-refractivity contribution in [1.82, 2.24) is 0 Å². The van der Waals surface area contributed by atoms with Crippen LogP contribution in [-0.2, 0) is 6.61 Å². The largest absolute Gasteiger partial charge is 0.482 e. The van der Waals surface area contributed by atoms with Gasteiger partial charge < -0.3 is 4.74 Å². The van der Waals surface area contributed by atoms with Crippen molar-refractivity contribution in [3.05, 3.63) is 69.8 Å². The highest BCUT2D eigenvalue weighted by atomic mass is 19.2. The fourth-order valence-corrected chi connectivity index (χ4v) is 1.52. The third-order valence-electron chi connectivity index (χ3n) is 2.44. The standard InChI is InChI=1S/C13H9F2NO3/c14-10-6-5-9(7-11(10)15)8-19-13-4-2-1-3-12(13)16(17)18/h1-7H,8H2. The zero-order valence-corrected chi connectivity index (χ0v) is 9.68. The lowest BCUT2D eigenvalue weighted by Gasteiger charge is -2.06. The van der Waals surface area contributed by atoms with Gasteiger partial charge in [0.05, 0.1) is 4.92 Å². The molecule has 2 rings (SSSR count). The number of rotatable bonds is 4. The second-order valence-electron chi connectivity index (χ2n) is 3.76. The number of hydrogen-bond donors (Lipinski definition) is 0. The van der Waals surface area contributed by atoms with Crippen LogP contribution in [0, 0.1) is 21.7 Å². The fraction of sp³-hybridized carbons (Fsp3) is 0.0769. The summed E-state index contributed by atoms with van der Waals surface area (Å²) < 4.78 is 30.9. The summed E-state index contributed by atoms with van der Waals surface area (Å²) in [5.41, 5.74) is 0.210. The number of nitro groups is 1. The van der Waals surface area contributed by atoms with Crippen LogP contribution in [0.4, 0.5) is 14.5 Å². The number of halogens is 2. The van der Waals surface area contributed by atoms with Crippen LogP contribution in [0.25, 0.3) is 0 Å². The fourth-order valence-electron chi connectivity index (χ4n) is 1.52. The van der Waals surface area contributed by atoms with Gasteiger partial charge in [0.2, 0.25) is 0 Å². The van der Waals surface area contributed by atoms with Crippen molar-refractivity contribution in [2.24, 2.45) is 0 Å². The molecule has 19 heavy (non-hydrogen) atoms. The molecule has 4 nitrogen and oxygen atoms in total. The van der Waals surface area contributed by atoms with E-state index in [0.717, 1.165) is 12.1 Å². The van der Waals surface area contributed by atoms with Gasteiger partial charge in [0.15, 0.2) is 17.4 Å². The molecule has 2 aromatic rings. The highest BCUT2D eigenvalue weighted by molar-refractivity contribution is 5.45. The molecule has 2 aromatic carbocycles. The molecule has 0 bridgehead atoms. The number of hydrogen-bond acceptors (Lipinski definition) is 3. The van der Waals surface area contributed by atoms with Crippen molar-refractivity contribution >= 4 is 5.69 Å². The molecule has 0 radical (unpaired) electrons. The van der Waals surface area contributed by atoms with Gasteiger partial charge in [0, 0.05) is 6.07 Å². The summed E-state index contributed by atoms with van der Waals surface area (Å²) in [7, 11) is 0. The van der Waals surface area contributed by atoms with E-state index in [1.807, 2.05) is 0 Å². The number of benzene rings is 2. The molecule has 0 N–H and O–H groups in total. The highest BCUT2D eigenvalue weighted by Gasteiger charge is 2.13. The van der Waals surface area contributed by atoms with E-state index in [1.165, 1.54) is 24.3 Å². The molecule has 6 heteroatoms. The molecule has 0 aliphatic rings. The zero-order chi connectivity index (χ0) is 13.8. The van der Waals surface area contributed by atoms with Crippen molar-refractivity contribution in [2.45, 2.75) is 6.61 Å². The van der Waals surface area contributed by atoms with E-state index in [9.17, 15) is 18.9 Å². The van der Waals surface area contributed by atoms with Crippen LogP contribution < -0.4 is 4.74 Å². The average Bonchev–Trinajstić information content (AvgIpc) is 2.40. The normalized spacial score (nSPS) is 10.2. The van der Waals surface area contributed by atoms with Crippen molar-refractivity contribution in [1.29, 1.82) is 0 Å². The Morgan fingerprint density at radius 3 is 2.53 bits per heavy atom. The summed E-state index contributed by atoms with van der Waals surface area (Å²) in [6, 6.07) is 9.18. The first-order valence-electron chi connectivity index (χ1n) is 5.38. The van der Waals surface area contributed by atoms with Gasteiger partial charge in [-0.1, -0.05) is 18.2 Å². The third kappa shape index (κ3) is 3.04. The zero-order valence-electron chi connectivity index (χ0n) is 9.68. The molecule has 0 amide bonds. The van der Waals surface area contributed by atoms with Gasteiger partial charge in [-0.3, -0.25) is 10.1 Å². The minimum atomic E-state index is -0.983. The summed E-state index contributed by atoms with van der Waals surface area (Å²) in [6.07, 6.45) is 0. The number of nitro benzene ring substituents is 1. The van der Waals surface area contributed by atoms with E-state index >= 15 is 0 Å². The summed E-state index contributed by atoms with van der Waals surface area (Å²) in [4.78, 5) is 10.2. The molecular weight excluding hydrogens is 256 g/mol. The Hall–Kier alpha value is -2.50. The van der Waals surface area contributed by atoms with E-state index in [-0.39, 0.29) is 18.0 Å². The summed E-state index contributed by atoms with van der Waals surface area (Å²) in [5, 5.41) is 10.7. The maximum Gasteiger partial charge on any atom is 0.310 e. The molecule has 0 fully saturated rings. The van der Waals surface area contributed by atoms with Crippen molar-refractivity contribution in [3.63, 3.8) is 0 Å². The first-order chi connectivity index (χ1) is 9.08. The van der Waals surface area contributed by atoms with Crippen LogP contribution in [0.5, 0.6) is 5.75 Å². The van der Waals surface area contributed by atoms with Gasteiger partial charge in [0.1, 0.15) is 6.61 Å². The molecule has 0 aromatic heterocycles. The number of nitrogens with zero attached hydrogens (tertiary/aromatic N) is 1. The Morgan fingerprint density at radius 2 is 1.84 bits per heavy atom. The molecule has 98 valence electrons. The monoisotopic (exact) mass is 265 g/mol. The minimum Gasteiger partial charge on any atom is -0.482 e. The minimum absolute atomic E-state index is 0.0808. The lowest BCUT2D eigenvalue weighted by Crippen LogP contribution is -2.00. The molecule has 0 heterocycles. The lowest BCUT2D eigenvalue weighted by atomic mass is 10.2. The van der Waals surface area contributed by atoms with E-state index < -0.39 is 16.6 Å². The first-order valence-corrected chi connectivity index (χ1v) is 5.38. The van der Waals surface area contributed by atoms with Gasteiger partial charge in [-0.2, -0.15) is 0 Å². The Kier molecular flexibility index (Phi) is 3.70. The molecule has 0 aliphatic carbocycles. The molecular formula is C13H9F2NO3. The quantitative estimate of drug-likeness (QED) is 0.628. The smallest absolute Gasteiger partial charge is 0.310 e. The average molecular weight is 265 g/mol. The predicted molar refractivity (Wildman–Crippen MR) is 63.8 cm³/mol. The van der Waals surface area contributed by atoms with E-state index in [4.69, 9.17) is 4.74 Å². The maximum atomic E-state index is 13.0. The molecule has 0 saturated carbocycles. The Bertz CT molecular complexity index is 617. The van der Waals surface area contributed by atoms with Crippen LogP contribution in [-0.4, -0.2) is 4.92 Å². The van der Waals surface area contributed by atoms with Crippen molar-refractivity contribution in [3.8, 4) is 5.75 Å². The van der Waals surface area contributed by atoms with Gasteiger partial charge in [-0.05, 0) is 23.8 Å². The summed E-state index contributed by atoms with van der Waals surface area (Å²) in [6.45, 7) is -0.0813. The Labute approximate surface area is 107 Å². The molecule has 0 aliphatic heterocycles. The maximum absolute atomic E-state index is 13.0. The van der Waals surface area contributed by atoms with Gasteiger partial charge in [-0.25, -0.2) is 8.78 Å². The molecule has 0 spiro atoms. The SMILES string of the molecule is O=[N+]([O-])c1ccccc1OCc1ccc(F)c(F)c1. The van der Waals surface area contributed by atoms with E-state index in [2.05, 4.69) is 0 Å². The highest BCUT2D eigenvalue weighted by Crippen LogP contribution is 2.26. The van der Waals surface area contributed by atoms with Crippen LogP contribution in [0.2, 0.25) is 0 Å². The van der Waals surface area contributed by atoms with Crippen molar-refractivity contribution < 1.29 is 18.4 Å². The van der Waals surface area contributed by atoms with E-state index in [0.29, 0.717) is 5.56 Å². The van der Waals surface area contributed by atoms with E-state index in [1.54, 1.807) is 6.07 Å². The van der Waals surface area contributed by atoms with Crippen LogP contribution in [0.15, 0.2) is 42.5 Å². The Morgan fingerprint density at radius 1 is 1.11 bits per heavy atom. The molecule has 0 atom stereocenters. The van der Waals surface area contributed by atoms with Gasteiger partial charge in [-0.15, -0.1) is 0 Å². The summed E-state index contributed by atoms with van der Waals surface area (Å²) in [5.74, 6) is -1.85. The van der Waals surface area contributed by atoms with Crippen LogP contribution >= 0.6 is 0 Å². The lowest BCUT2D eigenvalue weighted by molar-refractivity contribution is -0.385. The van der Waals surface area contributed by atoms with Gasteiger partial charge in [0.25, 0.3) is 0 Å². The summed E-state index contributed by atoms with van der Waals surface area (Å²) >= 11 is 0. The second kappa shape index (κ2) is 5.43. The molecule has 0 saturated heterocycles. The van der Waals surface area contributed by atoms with Crippen molar-refractivity contribution in [2.75, 3.05) is 0 Å². The molecule has 0 unspecified atom stereocenters. The topological polar surface area (TPSA) is 52.4 Å². The van der Waals surface area contributed by atoms with Gasteiger partial charge >= 0.3 is 5.69 Å². The van der Waals surface area contributed by atoms with Crippen LogP contribution in [0.1, 0.15) is 5.56 Å². The van der Waals surface area contributed by atoms with Crippen LogP contribution in [0.3, 0.4) is 0 Å². The predicted octanol–water partition coefficient (Wildman–Crippen LogP) is 3.45. The second-order valence-corrected chi connectivity index (χ2v) is 3.76. The number of ether oxygens (including phenoxy) is 1.